The summed E-state index contributed by atoms with van der Waals surface area (Å²) in [5.41, 5.74) is -3.02. The maximum Gasteiger partial charge on any atom is 0.231 e. The molecule has 206 valence electrons. The molecule has 0 saturated heterocycles. The minimum absolute atomic E-state index is 0.619. The molecule has 0 aromatic heterocycles. The van der Waals surface area contributed by atoms with E-state index in [-0.39, 0.29) is 0 Å². The minimum Gasteiger partial charge on any atom is -0.508 e. The topological polar surface area (TPSA) is 255 Å². The van der Waals surface area contributed by atoms with Gasteiger partial charge in [0.1, 0.15) is 34.1 Å². The second-order valence-corrected chi connectivity index (χ2v) is 8.16. The van der Waals surface area contributed by atoms with Crippen molar-refractivity contribution in [2.24, 2.45) is 0 Å². The fraction of sp³-hybridized carbons (Fsp3) is 0. The zero-order valence-electron chi connectivity index (χ0n) is 19.7. The number of hydrogen-bond acceptors (Lipinski definition) is 14. The van der Waals surface area contributed by atoms with E-state index in [4.69, 9.17) is 9.78 Å². The van der Waals surface area contributed by atoms with Gasteiger partial charge in [0.15, 0.2) is 34.5 Å². The Kier molecular flexibility index (Phi) is 6.68. The van der Waals surface area contributed by atoms with Gasteiger partial charge in [0.05, 0.1) is 11.1 Å². The highest BCUT2D eigenvalue weighted by Crippen LogP contribution is 2.43. The molecule has 0 amide bonds. The third-order valence-corrected chi connectivity index (χ3v) is 5.56. The summed E-state index contributed by atoms with van der Waals surface area (Å²) < 4.78 is 0. The molecule has 0 heterocycles. The number of phenolic OH excluding ortho intramolecular Hbond substituents is 10. The summed E-state index contributed by atoms with van der Waals surface area (Å²) in [6, 6.07) is 6.37. The first-order valence-electron chi connectivity index (χ1n) is 10.8. The Morgan fingerprint density at radius 3 is 1.52 bits per heavy atom. The minimum atomic E-state index is -1.27. The molecule has 0 saturated carbocycles. The van der Waals surface area contributed by atoms with E-state index in [2.05, 4.69) is 0 Å². The molecule has 0 radical (unpaired) electrons. The Balaban J connectivity index is 1.74. The second-order valence-electron chi connectivity index (χ2n) is 8.16. The van der Waals surface area contributed by atoms with Gasteiger partial charge in [0.2, 0.25) is 23.1 Å². The second kappa shape index (κ2) is 9.94. The molecule has 0 unspecified atom stereocenters. The van der Waals surface area contributed by atoms with Crippen LogP contribution in [-0.2, 0) is 0 Å². The summed E-state index contributed by atoms with van der Waals surface area (Å²) in [6.45, 7) is 0. The van der Waals surface area contributed by atoms with Gasteiger partial charge < -0.3 is 51.1 Å². The van der Waals surface area contributed by atoms with E-state index < -0.39 is 103 Å². The average molecular weight is 554 g/mol. The van der Waals surface area contributed by atoms with Gasteiger partial charge >= 0.3 is 0 Å². The van der Waals surface area contributed by atoms with Gasteiger partial charge in [0, 0.05) is 18.2 Å². The SMILES string of the molecule is O=C(c1cc(OOc2c(O)cc(O)cc2C(=O)c2c(O)ccc(O)c2O)c(O)cc1O)c1c(O)ccc(O)c1O. The summed E-state index contributed by atoms with van der Waals surface area (Å²) in [5, 5.41) is 100. The largest absolute Gasteiger partial charge is 0.508 e. The molecule has 4 rings (SSSR count). The molecule has 0 aliphatic carbocycles. The highest BCUT2D eigenvalue weighted by molar-refractivity contribution is 6.15. The first-order chi connectivity index (χ1) is 18.8. The van der Waals surface area contributed by atoms with Crippen molar-refractivity contribution >= 4 is 11.6 Å². The predicted octanol–water partition coefficient (Wildman–Crippen LogP) is 2.58. The molecule has 0 spiro atoms. The lowest BCUT2D eigenvalue weighted by Gasteiger charge is -2.15. The van der Waals surface area contributed by atoms with Crippen molar-refractivity contribution in [1.82, 2.24) is 0 Å². The molecule has 4 aromatic rings. The molecular weight excluding hydrogens is 536 g/mol. The molecular formula is C26H18O14. The Bertz CT molecular complexity index is 1690. The van der Waals surface area contributed by atoms with Crippen LogP contribution in [-0.4, -0.2) is 62.6 Å². The molecule has 4 aromatic carbocycles. The van der Waals surface area contributed by atoms with Crippen molar-refractivity contribution in [1.29, 1.82) is 0 Å². The van der Waals surface area contributed by atoms with E-state index in [0.717, 1.165) is 36.4 Å². The lowest BCUT2D eigenvalue weighted by molar-refractivity contribution is -0.104. The summed E-state index contributed by atoms with van der Waals surface area (Å²) >= 11 is 0. The highest BCUT2D eigenvalue weighted by atomic mass is 17.2. The molecule has 14 nitrogen and oxygen atoms in total. The van der Waals surface area contributed by atoms with Crippen LogP contribution in [0.15, 0.2) is 48.5 Å². The molecule has 0 aliphatic heterocycles. The molecule has 0 atom stereocenters. The van der Waals surface area contributed by atoms with Crippen molar-refractivity contribution in [3.05, 3.63) is 70.8 Å². The van der Waals surface area contributed by atoms with E-state index in [0.29, 0.717) is 12.1 Å². The molecule has 10 N–H and O–H groups in total. The van der Waals surface area contributed by atoms with Crippen molar-refractivity contribution in [3.63, 3.8) is 0 Å². The Morgan fingerprint density at radius 1 is 0.475 bits per heavy atom. The van der Waals surface area contributed by atoms with Gasteiger partial charge in [-0.25, -0.2) is 0 Å². The van der Waals surface area contributed by atoms with Crippen molar-refractivity contribution in [3.8, 4) is 69.0 Å². The monoisotopic (exact) mass is 554 g/mol. The lowest BCUT2D eigenvalue weighted by Crippen LogP contribution is -2.10. The van der Waals surface area contributed by atoms with Crippen molar-refractivity contribution in [2.75, 3.05) is 0 Å². The van der Waals surface area contributed by atoms with E-state index in [9.17, 15) is 60.7 Å². The summed E-state index contributed by atoms with van der Waals surface area (Å²) in [5.74, 6) is -12.4. The average Bonchev–Trinajstić information content (AvgIpc) is 2.88. The molecule has 14 heteroatoms. The number of aromatic hydroxyl groups is 10. The van der Waals surface area contributed by atoms with Gasteiger partial charge in [0.25, 0.3) is 0 Å². The number of phenols is 10. The summed E-state index contributed by atoms with van der Waals surface area (Å²) in [4.78, 5) is 36.0. The normalized spacial score (nSPS) is 10.7. The zero-order valence-corrected chi connectivity index (χ0v) is 19.7. The Labute approximate surface area is 222 Å². The van der Waals surface area contributed by atoms with Gasteiger partial charge in [-0.2, -0.15) is 0 Å². The van der Waals surface area contributed by atoms with Crippen LogP contribution in [0.5, 0.6) is 69.0 Å². The van der Waals surface area contributed by atoms with Gasteiger partial charge in [-0.05, 0) is 30.3 Å². The van der Waals surface area contributed by atoms with Crippen LogP contribution >= 0.6 is 0 Å². The Hall–Kier alpha value is -6.18. The predicted molar refractivity (Wildman–Crippen MR) is 131 cm³/mol. The third kappa shape index (κ3) is 4.63. The molecule has 0 fully saturated rings. The number of hydrogen-bond donors (Lipinski definition) is 10. The fourth-order valence-corrected chi connectivity index (χ4v) is 3.60. The summed E-state index contributed by atoms with van der Waals surface area (Å²) in [7, 11) is 0. The Morgan fingerprint density at radius 2 is 0.975 bits per heavy atom. The number of benzene rings is 4. The van der Waals surface area contributed by atoms with Gasteiger partial charge in [-0.3, -0.25) is 19.4 Å². The maximum absolute atomic E-state index is 13.1. The van der Waals surface area contributed by atoms with E-state index in [1.54, 1.807) is 0 Å². The van der Waals surface area contributed by atoms with Crippen molar-refractivity contribution < 1.29 is 70.4 Å². The van der Waals surface area contributed by atoms with Crippen LogP contribution in [0.3, 0.4) is 0 Å². The van der Waals surface area contributed by atoms with Crippen LogP contribution in [0.2, 0.25) is 0 Å². The van der Waals surface area contributed by atoms with Crippen LogP contribution in [0.25, 0.3) is 0 Å². The fourth-order valence-electron chi connectivity index (χ4n) is 3.60. The first kappa shape index (κ1) is 26.9. The van der Waals surface area contributed by atoms with Crippen molar-refractivity contribution in [2.45, 2.75) is 0 Å². The van der Waals surface area contributed by atoms with Crippen LogP contribution < -0.4 is 9.78 Å². The smallest absolute Gasteiger partial charge is 0.231 e. The van der Waals surface area contributed by atoms with Crippen LogP contribution in [0.4, 0.5) is 0 Å². The van der Waals surface area contributed by atoms with E-state index in [1.165, 1.54) is 0 Å². The van der Waals surface area contributed by atoms with E-state index >= 15 is 0 Å². The molecule has 40 heavy (non-hydrogen) atoms. The van der Waals surface area contributed by atoms with Gasteiger partial charge in [-0.15, -0.1) is 0 Å². The lowest BCUT2D eigenvalue weighted by atomic mass is 9.99. The molecule has 0 bridgehead atoms. The number of rotatable bonds is 7. The van der Waals surface area contributed by atoms with Crippen LogP contribution in [0.1, 0.15) is 31.8 Å². The number of carbonyl (C=O) groups is 2. The first-order valence-corrected chi connectivity index (χ1v) is 10.8. The maximum atomic E-state index is 13.1. The third-order valence-electron chi connectivity index (χ3n) is 5.56. The van der Waals surface area contributed by atoms with Gasteiger partial charge in [-0.1, -0.05) is 0 Å². The zero-order chi connectivity index (χ0) is 29.5. The van der Waals surface area contributed by atoms with Crippen LogP contribution in [0, 0.1) is 0 Å². The quantitative estimate of drug-likeness (QED) is 0.0518. The highest BCUT2D eigenvalue weighted by Gasteiger charge is 2.29. The van der Waals surface area contributed by atoms with E-state index in [1.807, 2.05) is 0 Å². The summed E-state index contributed by atoms with van der Waals surface area (Å²) in [6.07, 6.45) is 0. The number of carbonyl (C=O) groups excluding carboxylic acids is 2. The molecule has 0 aliphatic rings. The number of ketones is 2. The standard InChI is InChI=1S/C26H18O14/c27-9-5-11(23(36)21-13(29)2-4-15(31)25(21)38)26(18(34)6-9)40-39-19-7-10(16(32)8-17(19)33)22(35)20-12(28)1-3-14(30)24(20)37/h1-8,27-34,37-38H.